The molecular weight excluding hydrogens is 238 g/mol. The largest absolute Gasteiger partial charge is 0.357 e. The van der Waals surface area contributed by atoms with Gasteiger partial charge >= 0.3 is 0 Å². The molecule has 2 aliphatic carbocycles. The number of imidazole rings is 1. The zero-order valence-electron chi connectivity index (χ0n) is 11.3. The predicted octanol–water partition coefficient (Wildman–Crippen LogP) is 2.40. The smallest absolute Gasteiger partial charge is 0.165 e. The lowest BCUT2D eigenvalue weighted by atomic mass is 9.85. The number of aromatic nitrogens is 4. The molecule has 19 heavy (non-hydrogen) atoms. The third-order valence-electron chi connectivity index (χ3n) is 4.40. The standard InChI is InChI=1S/C14H19N5/c1-18(7-10-3-2-4-10)13-12-14(16-8-15-13)19(9-17-12)11-5-6-11/h8-11H,2-7H2,1H3. The molecule has 0 amide bonds. The second-order valence-corrected chi connectivity index (χ2v) is 5.93. The second kappa shape index (κ2) is 4.18. The first-order chi connectivity index (χ1) is 9.33. The number of nitrogens with zero attached hydrogens (tertiary/aromatic N) is 5. The Bertz CT molecular complexity index is 597. The van der Waals surface area contributed by atoms with Crippen molar-refractivity contribution in [3.63, 3.8) is 0 Å². The fraction of sp³-hybridized carbons (Fsp3) is 0.643. The molecule has 0 atom stereocenters. The van der Waals surface area contributed by atoms with Crippen LogP contribution in [0.5, 0.6) is 0 Å². The van der Waals surface area contributed by atoms with Crippen LogP contribution < -0.4 is 4.90 Å². The number of anilines is 1. The summed E-state index contributed by atoms with van der Waals surface area (Å²) in [5.74, 6) is 1.82. The van der Waals surface area contributed by atoms with E-state index in [1.54, 1.807) is 6.33 Å². The van der Waals surface area contributed by atoms with E-state index in [1.165, 1.54) is 32.1 Å². The monoisotopic (exact) mass is 257 g/mol. The van der Waals surface area contributed by atoms with Gasteiger partial charge in [0.25, 0.3) is 0 Å². The van der Waals surface area contributed by atoms with Crippen LogP contribution in [-0.2, 0) is 0 Å². The van der Waals surface area contributed by atoms with Crippen LogP contribution in [-0.4, -0.2) is 33.1 Å². The molecular formula is C14H19N5. The summed E-state index contributed by atoms with van der Waals surface area (Å²) in [7, 11) is 2.12. The van der Waals surface area contributed by atoms with E-state index in [2.05, 4.69) is 31.5 Å². The molecule has 0 radical (unpaired) electrons. The first-order valence-electron chi connectivity index (χ1n) is 7.21. The number of hydrogen-bond donors (Lipinski definition) is 0. The van der Waals surface area contributed by atoms with Crippen molar-refractivity contribution >= 4 is 17.0 Å². The molecule has 100 valence electrons. The lowest BCUT2D eigenvalue weighted by Gasteiger charge is -2.30. The maximum atomic E-state index is 4.55. The Morgan fingerprint density at radius 3 is 2.74 bits per heavy atom. The van der Waals surface area contributed by atoms with E-state index in [-0.39, 0.29) is 0 Å². The normalized spacial score (nSPS) is 19.6. The van der Waals surface area contributed by atoms with Gasteiger partial charge in [-0.15, -0.1) is 0 Å². The molecule has 0 aliphatic heterocycles. The van der Waals surface area contributed by atoms with E-state index in [9.17, 15) is 0 Å². The van der Waals surface area contributed by atoms with Crippen LogP contribution >= 0.6 is 0 Å². The van der Waals surface area contributed by atoms with E-state index >= 15 is 0 Å². The quantitative estimate of drug-likeness (QED) is 0.843. The van der Waals surface area contributed by atoms with Crippen LogP contribution in [0.4, 0.5) is 5.82 Å². The molecule has 2 saturated carbocycles. The summed E-state index contributed by atoms with van der Waals surface area (Å²) in [5, 5.41) is 0. The van der Waals surface area contributed by atoms with Crippen LogP contribution in [0.3, 0.4) is 0 Å². The van der Waals surface area contributed by atoms with Gasteiger partial charge in [-0.05, 0) is 31.6 Å². The lowest BCUT2D eigenvalue weighted by molar-refractivity contribution is 0.321. The van der Waals surface area contributed by atoms with Crippen LogP contribution in [0.2, 0.25) is 0 Å². The zero-order chi connectivity index (χ0) is 12.8. The molecule has 5 heteroatoms. The first kappa shape index (κ1) is 11.2. The van der Waals surface area contributed by atoms with Crippen molar-refractivity contribution in [2.45, 2.75) is 38.1 Å². The van der Waals surface area contributed by atoms with Crippen molar-refractivity contribution in [3.05, 3.63) is 12.7 Å². The highest BCUT2D eigenvalue weighted by Crippen LogP contribution is 2.37. The number of rotatable bonds is 4. The van der Waals surface area contributed by atoms with Crippen molar-refractivity contribution in [3.8, 4) is 0 Å². The Hall–Kier alpha value is -1.65. The second-order valence-electron chi connectivity index (χ2n) is 5.93. The summed E-state index contributed by atoms with van der Waals surface area (Å²) in [6.45, 7) is 1.09. The van der Waals surface area contributed by atoms with Crippen molar-refractivity contribution in [2.75, 3.05) is 18.5 Å². The van der Waals surface area contributed by atoms with E-state index < -0.39 is 0 Å². The fourth-order valence-corrected chi connectivity index (χ4v) is 2.89. The van der Waals surface area contributed by atoms with Crippen molar-refractivity contribution < 1.29 is 0 Å². The Kier molecular flexibility index (Phi) is 2.47. The topological polar surface area (TPSA) is 46.8 Å². The average Bonchev–Trinajstić information content (AvgIpc) is 3.12. The van der Waals surface area contributed by atoms with E-state index in [4.69, 9.17) is 0 Å². The molecule has 2 aliphatic rings. The van der Waals surface area contributed by atoms with Crippen molar-refractivity contribution in [1.82, 2.24) is 19.5 Å². The maximum absolute atomic E-state index is 4.55. The van der Waals surface area contributed by atoms with Crippen molar-refractivity contribution in [1.29, 1.82) is 0 Å². The van der Waals surface area contributed by atoms with Crippen LogP contribution in [0.25, 0.3) is 11.2 Å². The Morgan fingerprint density at radius 1 is 1.21 bits per heavy atom. The average molecular weight is 257 g/mol. The van der Waals surface area contributed by atoms with E-state index in [0.29, 0.717) is 6.04 Å². The van der Waals surface area contributed by atoms with Gasteiger partial charge in [0.15, 0.2) is 17.0 Å². The summed E-state index contributed by atoms with van der Waals surface area (Å²) in [6.07, 6.45) is 10.2. The van der Waals surface area contributed by atoms with Crippen LogP contribution in [0, 0.1) is 5.92 Å². The molecule has 0 aromatic carbocycles. The van der Waals surface area contributed by atoms with Gasteiger partial charge in [-0.2, -0.15) is 0 Å². The molecule has 0 unspecified atom stereocenters. The van der Waals surface area contributed by atoms with Gasteiger partial charge in [-0.3, -0.25) is 0 Å². The van der Waals surface area contributed by atoms with Gasteiger partial charge in [0.2, 0.25) is 0 Å². The highest BCUT2D eigenvalue weighted by Gasteiger charge is 2.27. The third kappa shape index (κ3) is 1.88. The van der Waals surface area contributed by atoms with Crippen LogP contribution in [0.15, 0.2) is 12.7 Å². The summed E-state index contributed by atoms with van der Waals surface area (Å²) < 4.78 is 2.21. The molecule has 4 rings (SSSR count). The maximum Gasteiger partial charge on any atom is 0.165 e. The Morgan fingerprint density at radius 2 is 2.05 bits per heavy atom. The van der Waals surface area contributed by atoms with Gasteiger partial charge in [-0.1, -0.05) is 6.42 Å². The number of hydrogen-bond acceptors (Lipinski definition) is 4. The molecule has 0 spiro atoms. The highest BCUT2D eigenvalue weighted by atomic mass is 15.2. The molecule has 2 aromatic heterocycles. The van der Waals surface area contributed by atoms with Gasteiger partial charge in [0, 0.05) is 19.6 Å². The lowest BCUT2D eigenvalue weighted by Crippen LogP contribution is -2.30. The molecule has 0 saturated heterocycles. The third-order valence-corrected chi connectivity index (χ3v) is 4.40. The van der Waals surface area contributed by atoms with E-state index in [1.807, 2.05) is 6.33 Å². The van der Waals surface area contributed by atoms with Crippen molar-refractivity contribution in [2.24, 2.45) is 5.92 Å². The molecule has 5 nitrogen and oxygen atoms in total. The first-order valence-corrected chi connectivity index (χ1v) is 7.21. The van der Waals surface area contributed by atoms with Gasteiger partial charge in [0.1, 0.15) is 6.33 Å². The summed E-state index contributed by atoms with van der Waals surface area (Å²) in [5.41, 5.74) is 1.95. The summed E-state index contributed by atoms with van der Waals surface area (Å²) >= 11 is 0. The molecule has 2 fully saturated rings. The highest BCUT2D eigenvalue weighted by molar-refractivity contribution is 5.83. The minimum Gasteiger partial charge on any atom is -0.357 e. The molecule has 0 bridgehead atoms. The molecule has 2 aromatic rings. The zero-order valence-corrected chi connectivity index (χ0v) is 11.3. The molecule has 2 heterocycles. The summed E-state index contributed by atoms with van der Waals surface area (Å²) in [4.78, 5) is 15.7. The fourth-order valence-electron chi connectivity index (χ4n) is 2.89. The SMILES string of the molecule is CN(CC1CCC1)c1ncnc2c1ncn2C1CC1. The minimum absolute atomic E-state index is 0.615. The predicted molar refractivity (Wildman–Crippen MR) is 74.2 cm³/mol. The van der Waals surface area contributed by atoms with Gasteiger partial charge in [-0.25, -0.2) is 15.0 Å². The van der Waals surface area contributed by atoms with E-state index in [0.717, 1.165) is 29.4 Å². The number of fused-ring (bicyclic) bond motifs is 1. The minimum atomic E-state index is 0.615. The molecule has 0 N–H and O–H groups in total. The summed E-state index contributed by atoms with van der Waals surface area (Å²) in [6, 6.07) is 0.615. The van der Waals surface area contributed by atoms with Gasteiger partial charge in [0.05, 0.1) is 6.33 Å². The Labute approximate surface area is 112 Å². The van der Waals surface area contributed by atoms with Crippen LogP contribution in [0.1, 0.15) is 38.1 Å². The Balaban J connectivity index is 1.68. The van der Waals surface area contributed by atoms with Gasteiger partial charge < -0.3 is 9.47 Å².